The van der Waals surface area contributed by atoms with Crippen molar-refractivity contribution in [1.29, 1.82) is 0 Å². The first-order valence-electron chi connectivity index (χ1n) is 11.9. The summed E-state index contributed by atoms with van der Waals surface area (Å²) in [7, 11) is 0. The average molecular weight is 475 g/mol. The van der Waals surface area contributed by atoms with Crippen molar-refractivity contribution in [2.45, 2.75) is 51.1 Å². The predicted molar refractivity (Wildman–Crippen MR) is 124 cm³/mol. The van der Waals surface area contributed by atoms with Crippen molar-refractivity contribution in [2.75, 3.05) is 26.2 Å². The summed E-state index contributed by atoms with van der Waals surface area (Å²) in [5, 5.41) is 17.5. The number of likely N-dealkylation sites (tertiary alicyclic amines) is 1. The molecule has 0 bridgehead atoms. The average Bonchev–Trinajstić information content (AvgIpc) is 2.83. The fraction of sp³-hybridized carbons (Fsp3) is 0.583. The van der Waals surface area contributed by atoms with Crippen LogP contribution in [-0.4, -0.2) is 66.2 Å². The third-order valence-corrected chi connectivity index (χ3v) is 6.31. The fourth-order valence-electron chi connectivity index (χ4n) is 4.44. The number of nitrogens with zero attached hydrogens (tertiary/aromatic N) is 1. The second-order valence-corrected chi connectivity index (χ2v) is 8.92. The molecular weight excluding hydrogens is 440 g/mol. The molecule has 2 fully saturated rings. The molecule has 0 spiro atoms. The SMILES string of the molecule is O=C(O)C[C@@H](NC(=O)Oc1ccccc1)NC(=O)[C@@H]1CCCN(C(=O)CCC2CCNCC2)C1. The molecule has 3 rings (SSSR count). The summed E-state index contributed by atoms with van der Waals surface area (Å²) in [5.41, 5.74) is 0. The molecule has 2 saturated heterocycles. The maximum atomic E-state index is 12.9. The van der Waals surface area contributed by atoms with Gasteiger partial charge in [-0.15, -0.1) is 0 Å². The van der Waals surface area contributed by atoms with Crippen LogP contribution in [0.15, 0.2) is 30.3 Å². The van der Waals surface area contributed by atoms with Crippen LogP contribution >= 0.6 is 0 Å². The lowest BCUT2D eigenvalue weighted by Gasteiger charge is -2.33. The summed E-state index contributed by atoms with van der Waals surface area (Å²) in [6, 6.07) is 8.33. The molecule has 1 aromatic rings. The normalized spacial score (nSPS) is 19.6. The lowest BCUT2D eigenvalue weighted by Crippen LogP contribution is -2.53. The van der Waals surface area contributed by atoms with Crippen LogP contribution < -0.4 is 20.7 Å². The van der Waals surface area contributed by atoms with Gasteiger partial charge in [0.1, 0.15) is 11.9 Å². The number of para-hydroxylation sites is 1. The number of piperidine rings is 2. The second kappa shape index (κ2) is 12.9. The number of hydrogen-bond acceptors (Lipinski definition) is 6. The Morgan fingerprint density at radius 2 is 1.82 bits per heavy atom. The maximum absolute atomic E-state index is 12.9. The number of nitrogens with one attached hydrogen (secondary N) is 3. The molecule has 0 radical (unpaired) electrons. The van der Waals surface area contributed by atoms with Crippen molar-refractivity contribution in [3.05, 3.63) is 30.3 Å². The molecule has 10 nitrogen and oxygen atoms in total. The van der Waals surface area contributed by atoms with E-state index >= 15 is 0 Å². The number of carboxylic acid groups (broad SMARTS) is 1. The van der Waals surface area contributed by atoms with Gasteiger partial charge in [0.15, 0.2) is 0 Å². The number of amides is 3. The van der Waals surface area contributed by atoms with E-state index in [0.29, 0.717) is 44.0 Å². The van der Waals surface area contributed by atoms with Crippen LogP contribution in [0, 0.1) is 11.8 Å². The van der Waals surface area contributed by atoms with Crippen LogP contribution in [0.25, 0.3) is 0 Å². The van der Waals surface area contributed by atoms with E-state index in [1.807, 2.05) is 0 Å². The molecule has 4 N–H and O–H groups in total. The third kappa shape index (κ3) is 8.33. The fourth-order valence-corrected chi connectivity index (χ4v) is 4.44. The van der Waals surface area contributed by atoms with Crippen molar-refractivity contribution >= 4 is 23.9 Å². The molecule has 0 aromatic heterocycles. The van der Waals surface area contributed by atoms with E-state index in [-0.39, 0.29) is 11.8 Å². The molecular formula is C24H34N4O6. The van der Waals surface area contributed by atoms with E-state index < -0.39 is 30.6 Å². The molecule has 1 aromatic carbocycles. The van der Waals surface area contributed by atoms with E-state index in [1.54, 1.807) is 35.2 Å². The van der Waals surface area contributed by atoms with E-state index in [9.17, 15) is 24.3 Å². The molecule has 0 unspecified atom stereocenters. The number of carboxylic acids is 1. The highest BCUT2D eigenvalue weighted by molar-refractivity contribution is 5.83. The summed E-state index contributed by atoms with van der Waals surface area (Å²) < 4.78 is 5.13. The monoisotopic (exact) mass is 474 g/mol. The number of hydrogen-bond donors (Lipinski definition) is 4. The van der Waals surface area contributed by atoms with Crippen molar-refractivity contribution in [3.8, 4) is 5.75 Å². The van der Waals surface area contributed by atoms with Gasteiger partial charge in [0.25, 0.3) is 0 Å². The number of rotatable bonds is 9. The number of carbonyl (C=O) groups is 4. The van der Waals surface area contributed by atoms with Gasteiger partial charge in [-0.05, 0) is 63.2 Å². The summed E-state index contributed by atoms with van der Waals surface area (Å²) >= 11 is 0. The molecule has 3 amide bonds. The highest BCUT2D eigenvalue weighted by Crippen LogP contribution is 2.21. The number of aliphatic carboxylic acids is 1. The number of ether oxygens (including phenoxy) is 1. The van der Waals surface area contributed by atoms with Crippen molar-refractivity contribution < 1.29 is 29.0 Å². The van der Waals surface area contributed by atoms with Crippen molar-refractivity contribution in [1.82, 2.24) is 20.9 Å². The Kier molecular flexibility index (Phi) is 9.69. The smallest absolute Gasteiger partial charge is 0.414 e. The predicted octanol–water partition coefficient (Wildman–Crippen LogP) is 1.71. The summed E-state index contributed by atoms with van der Waals surface area (Å²) in [6.07, 6.45) is 2.31. The summed E-state index contributed by atoms with van der Waals surface area (Å²) in [4.78, 5) is 50.7. The van der Waals surface area contributed by atoms with Crippen LogP contribution in [0.3, 0.4) is 0 Å². The highest BCUT2D eigenvalue weighted by Gasteiger charge is 2.30. The molecule has 2 atom stereocenters. The number of carbonyl (C=O) groups excluding carboxylic acids is 3. The lowest BCUT2D eigenvalue weighted by atomic mass is 9.92. The number of benzene rings is 1. The Morgan fingerprint density at radius 1 is 1.09 bits per heavy atom. The van der Waals surface area contributed by atoms with E-state index in [4.69, 9.17) is 4.74 Å². The van der Waals surface area contributed by atoms with Gasteiger partial charge < -0.3 is 30.7 Å². The minimum atomic E-state index is -1.18. The Labute approximate surface area is 199 Å². The van der Waals surface area contributed by atoms with Crippen LogP contribution in [0.1, 0.15) is 44.9 Å². The van der Waals surface area contributed by atoms with Gasteiger partial charge in [-0.3, -0.25) is 14.4 Å². The molecule has 186 valence electrons. The van der Waals surface area contributed by atoms with Crippen LogP contribution in [0.4, 0.5) is 4.79 Å². The van der Waals surface area contributed by atoms with Gasteiger partial charge in [-0.1, -0.05) is 18.2 Å². The molecule has 0 aliphatic carbocycles. The van der Waals surface area contributed by atoms with Gasteiger partial charge in [0, 0.05) is 19.5 Å². The van der Waals surface area contributed by atoms with E-state index in [0.717, 1.165) is 32.4 Å². The zero-order valence-corrected chi connectivity index (χ0v) is 19.3. The zero-order chi connectivity index (χ0) is 24.3. The maximum Gasteiger partial charge on any atom is 0.414 e. The van der Waals surface area contributed by atoms with Crippen LogP contribution in [-0.2, 0) is 14.4 Å². The molecule has 10 heteroatoms. The van der Waals surface area contributed by atoms with Gasteiger partial charge in [0.05, 0.1) is 12.3 Å². The Balaban J connectivity index is 1.49. The topological polar surface area (TPSA) is 137 Å². The third-order valence-electron chi connectivity index (χ3n) is 6.31. The minimum Gasteiger partial charge on any atom is -0.481 e. The summed E-state index contributed by atoms with van der Waals surface area (Å²) in [5.74, 6) is -1.10. The largest absolute Gasteiger partial charge is 0.481 e. The Bertz CT molecular complexity index is 843. The first-order valence-corrected chi connectivity index (χ1v) is 11.9. The molecule has 2 aliphatic heterocycles. The van der Waals surface area contributed by atoms with Crippen LogP contribution in [0.5, 0.6) is 5.75 Å². The van der Waals surface area contributed by atoms with Crippen molar-refractivity contribution in [3.63, 3.8) is 0 Å². The Hall–Kier alpha value is -3.14. The highest BCUT2D eigenvalue weighted by atomic mass is 16.6. The molecule has 0 saturated carbocycles. The van der Waals surface area contributed by atoms with E-state index in [1.165, 1.54) is 0 Å². The Morgan fingerprint density at radius 3 is 2.53 bits per heavy atom. The zero-order valence-electron chi connectivity index (χ0n) is 19.3. The first kappa shape index (κ1) is 25.5. The summed E-state index contributed by atoms with van der Waals surface area (Å²) in [6.45, 7) is 2.91. The quantitative estimate of drug-likeness (QED) is 0.400. The molecule has 2 aliphatic rings. The lowest BCUT2D eigenvalue weighted by molar-refractivity contribution is -0.138. The standard InChI is InChI=1S/C24H34N4O6/c29-21(9-8-17-10-12-25-13-11-17)28-14-4-5-18(16-28)23(32)26-20(15-22(30)31)27-24(33)34-19-6-2-1-3-7-19/h1-3,6-7,17-18,20,25H,4-5,8-16H2,(H,26,32)(H,27,33)(H,30,31)/t18-,20-/m1/s1. The van der Waals surface area contributed by atoms with Gasteiger partial charge in [-0.25, -0.2) is 4.79 Å². The van der Waals surface area contributed by atoms with Gasteiger partial charge in [0.2, 0.25) is 11.8 Å². The first-order chi connectivity index (χ1) is 16.4. The van der Waals surface area contributed by atoms with Crippen molar-refractivity contribution in [2.24, 2.45) is 11.8 Å². The molecule has 34 heavy (non-hydrogen) atoms. The van der Waals surface area contributed by atoms with Gasteiger partial charge in [-0.2, -0.15) is 0 Å². The minimum absolute atomic E-state index is 0.0580. The van der Waals surface area contributed by atoms with E-state index in [2.05, 4.69) is 16.0 Å². The van der Waals surface area contributed by atoms with Gasteiger partial charge >= 0.3 is 12.1 Å². The molecule has 2 heterocycles. The van der Waals surface area contributed by atoms with Crippen LogP contribution in [0.2, 0.25) is 0 Å². The second-order valence-electron chi connectivity index (χ2n) is 8.92.